The topological polar surface area (TPSA) is 62.9 Å². The van der Waals surface area contributed by atoms with Crippen LogP contribution in [0, 0.1) is 0 Å². The zero-order chi connectivity index (χ0) is 14.8. The summed E-state index contributed by atoms with van der Waals surface area (Å²) in [6.07, 6.45) is 0.867. The summed E-state index contributed by atoms with van der Waals surface area (Å²) in [5.41, 5.74) is 6.48. The number of benzene rings is 1. The van der Waals surface area contributed by atoms with Gasteiger partial charge in [0.15, 0.2) is 11.5 Å². The number of rotatable bonds is 10. The Balaban J connectivity index is 2.43. The van der Waals surface area contributed by atoms with E-state index in [-0.39, 0.29) is 0 Å². The van der Waals surface area contributed by atoms with Gasteiger partial charge in [-0.3, -0.25) is 0 Å². The minimum Gasteiger partial charge on any atom is -0.493 e. The van der Waals surface area contributed by atoms with Crippen molar-refractivity contribution in [2.75, 3.05) is 40.6 Å². The van der Waals surface area contributed by atoms with E-state index >= 15 is 0 Å². The summed E-state index contributed by atoms with van der Waals surface area (Å²) in [6.45, 7) is 2.64. The van der Waals surface area contributed by atoms with Crippen molar-refractivity contribution in [2.45, 2.75) is 13.0 Å². The molecule has 0 aliphatic heterocycles. The summed E-state index contributed by atoms with van der Waals surface area (Å²) in [5, 5.41) is 0.490. The van der Waals surface area contributed by atoms with E-state index in [4.69, 9.17) is 36.3 Å². The largest absolute Gasteiger partial charge is 0.493 e. The van der Waals surface area contributed by atoms with Gasteiger partial charge in [-0.15, -0.1) is 0 Å². The number of methoxy groups -OCH3 is 2. The van der Waals surface area contributed by atoms with Crippen molar-refractivity contribution in [1.82, 2.24) is 0 Å². The van der Waals surface area contributed by atoms with Gasteiger partial charge in [0.1, 0.15) is 6.61 Å². The maximum atomic E-state index is 6.16. The molecule has 20 heavy (non-hydrogen) atoms. The molecule has 0 fully saturated rings. The molecular formula is C14H22ClNO4. The fourth-order valence-electron chi connectivity index (χ4n) is 1.64. The van der Waals surface area contributed by atoms with Gasteiger partial charge in [0.2, 0.25) is 0 Å². The van der Waals surface area contributed by atoms with Crippen LogP contribution in [-0.2, 0) is 16.0 Å². The quantitative estimate of drug-likeness (QED) is 0.672. The van der Waals surface area contributed by atoms with Crippen molar-refractivity contribution in [3.63, 3.8) is 0 Å². The lowest BCUT2D eigenvalue weighted by Gasteiger charge is -2.14. The zero-order valence-corrected chi connectivity index (χ0v) is 12.7. The van der Waals surface area contributed by atoms with Gasteiger partial charge in [-0.1, -0.05) is 11.6 Å². The molecule has 0 bridgehead atoms. The Bertz CT molecular complexity index is 401. The third-order valence-corrected chi connectivity index (χ3v) is 2.92. The van der Waals surface area contributed by atoms with Crippen LogP contribution in [0.25, 0.3) is 0 Å². The highest BCUT2D eigenvalue weighted by molar-refractivity contribution is 6.32. The van der Waals surface area contributed by atoms with E-state index in [1.165, 1.54) is 0 Å². The third-order valence-electron chi connectivity index (χ3n) is 2.64. The minimum absolute atomic E-state index is 0.402. The number of nitrogens with two attached hydrogens (primary N) is 1. The fraction of sp³-hybridized carbons (Fsp3) is 0.571. The lowest BCUT2D eigenvalue weighted by Crippen LogP contribution is -2.09. The van der Waals surface area contributed by atoms with Crippen LogP contribution in [0.5, 0.6) is 11.5 Å². The molecule has 1 rings (SSSR count). The van der Waals surface area contributed by atoms with Crippen LogP contribution in [-0.4, -0.2) is 40.6 Å². The van der Waals surface area contributed by atoms with Crippen LogP contribution in [0.3, 0.4) is 0 Å². The molecule has 114 valence electrons. The lowest BCUT2D eigenvalue weighted by molar-refractivity contribution is 0.0800. The predicted octanol–water partition coefficient (Wildman–Crippen LogP) is 2.24. The normalized spacial score (nSPS) is 10.6. The van der Waals surface area contributed by atoms with E-state index in [0.717, 1.165) is 12.0 Å². The lowest BCUT2D eigenvalue weighted by atomic mass is 10.2. The van der Waals surface area contributed by atoms with Crippen molar-refractivity contribution in [1.29, 1.82) is 0 Å². The highest BCUT2D eigenvalue weighted by Crippen LogP contribution is 2.36. The highest BCUT2D eigenvalue weighted by Gasteiger charge is 2.11. The average Bonchev–Trinajstić information content (AvgIpc) is 2.47. The van der Waals surface area contributed by atoms with Crippen LogP contribution in [0.4, 0.5) is 0 Å². The smallest absolute Gasteiger partial charge is 0.179 e. The molecule has 0 spiro atoms. The third kappa shape index (κ3) is 5.54. The van der Waals surface area contributed by atoms with Crippen molar-refractivity contribution in [2.24, 2.45) is 5.73 Å². The van der Waals surface area contributed by atoms with Crippen LogP contribution >= 0.6 is 11.6 Å². The van der Waals surface area contributed by atoms with E-state index < -0.39 is 0 Å². The molecule has 2 N–H and O–H groups in total. The first-order valence-corrected chi connectivity index (χ1v) is 6.86. The summed E-state index contributed by atoms with van der Waals surface area (Å²) in [5.74, 6) is 1.10. The van der Waals surface area contributed by atoms with E-state index in [2.05, 4.69) is 0 Å². The van der Waals surface area contributed by atoms with Crippen LogP contribution in [0.1, 0.15) is 12.0 Å². The first-order valence-electron chi connectivity index (χ1n) is 6.48. The van der Waals surface area contributed by atoms with Gasteiger partial charge in [-0.05, 0) is 24.1 Å². The maximum absolute atomic E-state index is 6.16. The highest BCUT2D eigenvalue weighted by atomic mass is 35.5. The molecule has 0 unspecified atom stereocenters. The van der Waals surface area contributed by atoms with Gasteiger partial charge in [0.05, 0.1) is 18.7 Å². The van der Waals surface area contributed by atoms with E-state index in [9.17, 15) is 0 Å². The second-order valence-corrected chi connectivity index (χ2v) is 4.53. The average molecular weight is 304 g/mol. The van der Waals surface area contributed by atoms with Gasteiger partial charge in [-0.2, -0.15) is 0 Å². The molecule has 0 aliphatic carbocycles. The van der Waals surface area contributed by atoms with E-state index in [1.807, 2.05) is 6.07 Å². The Labute approximate surface area is 124 Å². The van der Waals surface area contributed by atoms with Gasteiger partial charge in [-0.25, -0.2) is 0 Å². The molecular weight excluding hydrogens is 282 g/mol. The Hall–Kier alpha value is -1.01. The molecule has 5 nitrogen and oxygen atoms in total. The summed E-state index contributed by atoms with van der Waals surface area (Å²) >= 11 is 6.16. The van der Waals surface area contributed by atoms with Crippen molar-refractivity contribution < 1.29 is 18.9 Å². The predicted molar refractivity (Wildman–Crippen MR) is 78.7 cm³/mol. The molecule has 0 saturated carbocycles. The first kappa shape index (κ1) is 17.0. The summed E-state index contributed by atoms with van der Waals surface area (Å²) < 4.78 is 21.2. The SMILES string of the molecule is COCCCOCCOc1c(Cl)cc(CN)cc1OC. The van der Waals surface area contributed by atoms with Crippen molar-refractivity contribution in [3.05, 3.63) is 22.7 Å². The summed E-state index contributed by atoms with van der Waals surface area (Å²) in [6, 6.07) is 3.60. The number of halogens is 1. The number of hydrogen-bond acceptors (Lipinski definition) is 5. The van der Waals surface area contributed by atoms with Gasteiger partial charge in [0, 0.05) is 26.9 Å². The second kappa shape index (κ2) is 9.83. The molecule has 0 aliphatic rings. The first-order chi connectivity index (χ1) is 9.72. The molecule has 1 aromatic carbocycles. The standard InChI is InChI=1S/C14H22ClNO4/c1-17-4-3-5-19-6-7-20-14-12(15)8-11(10-16)9-13(14)18-2/h8-9H,3-7,10,16H2,1-2H3. The molecule has 0 amide bonds. The molecule has 0 radical (unpaired) electrons. The Morgan fingerprint density at radius 2 is 1.90 bits per heavy atom. The number of hydrogen-bond donors (Lipinski definition) is 1. The molecule has 1 aromatic rings. The Morgan fingerprint density at radius 1 is 1.10 bits per heavy atom. The van der Waals surface area contributed by atoms with E-state index in [1.54, 1.807) is 20.3 Å². The van der Waals surface area contributed by atoms with Crippen LogP contribution in [0.15, 0.2) is 12.1 Å². The minimum atomic E-state index is 0.402. The van der Waals surface area contributed by atoms with Crippen molar-refractivity contribution >= 4 is 11.6 Å². The number of ether oxygens (including phenoxy) is 4. The molecule has 0 aromatic heterocycles. The van der Waals surface area contributed by atoms with E-state index in [0.29, 0.717) is 49.5 Å². The monoisotopic (exact) mass is 303 g/mol. The van der Waals surface area contributed by atoms with Crippen LogP contribution < -0.4 is 15.2 Å². The second-order valence-electron chi connectivity index (χ2n) is 4.12. The molecule has 6 heteroatoms. The molecule has 0 atom stereocenters. The van der Waals surface area contributed by atoms with Gasteiger partial charge < -0.3 is 24.7 Å². The molecule has 0 heterocycles. The molecule has 0 saturated heterocycles. The fourth-order valence-corrected chi connectivity index (χ4v) is 1.93. The summed E-state index contributed by atoms with van der Waals surface area (Å²) in [4.78, 5) is 0. The van der Waals surface area contributed by atoms with Crippen molar-refractivity contribution in [3.8, 4) is 11.5 Å². The van der Waals surface area contributed by atoms with Gasteiger partial charge in [0.25, 0.3) is 0 Å². The maximum Gasteiger partial charge on any atom is 0.179 e. The zero-order valence-electron chi connectivity index (χ0n) is 12.0. The Morgan fingerprint density at radius 3 is 2.55 bits per heavy atom. The summed E-state index contributed by atoms with van der Waals surface area (Å²) in [7, 11) is 3.24. The Kier molecular flexibility index (Phi) is 8.37. The van der Waals surface area contributed by atoms with Crippen LogP contribution in [0.2, 0.25) is 5.02 Å². The van der Waals surface area contributed by atoms with Gasteiger partial charge >= 0.3 is 0 Å².